The standard InChI is InChI=1S/C21H21N3O2S/c1-3-26-17-10-8-16(9-11-17)22-20(25)14-27-21-13-12-19(23-24-21)18-7-5-4-6-15(18)2/h4-13H,3,14H2,1-2H3,(H,22,25). The van der Waals surface area contributed by atoms with Crippen LogP contribution in [0.4, 0.5) is 5.69 Å². The molecule has 0 fully saturated rings. The molecule has 0 aliphatic heterocycles. The van der Waals surface area contributed by atoms with Gasteiger partial charge in [0.2, 0.25) is 5.91 Å². The summed E-state index contributed by atoms with van der Waals surface area (Å²) in [5, 5.41) is 12.1. The van der Waals surface area contributed by atoms with Gasteiger partial charge in [-0.15, -0.1) is 10.2 Å². The summed E-state index contributed by atoms with van der Waals surface area (Å²) in [7, 11) is 0. The molecule has 0 saturated heterocycles. The molecule has 0 spiro atoms. The van der Waals surface area contributed by atoms with Gasteiger partial charge in [-0.05, 0) is 55.8 Å². The molecule has 27 heavy (non-hydrogen) atoms. The van der Waals surface area contributed by atoms with E-state index in [4.69, 9.17) is 4.74 Å². The fourth-order valence-electron chi connectivity index (χ4n) is 2.54. The Balaban J connectivity index is 1.53. The van der Waals surface area contributed by atoms with Crippen molar-refractivity contribution in [1.82, 2.24) is 10.2 Å². The number of carbonyl (C=O) groups is 1. The average Bonchev–Trinajstić information content (AvgIpc) is 2.69. The summed E-state index contributed by atoms with van der Waals surface area (Å²) in [5.74, 6) is 0.967. The molecule has 0 aliphatic rings. The molecule has 0 radical (unpaired) electrons. The van der Waals surface area contributed by atoms with Gasteiger partial charge in [0, 0.05) is 11.3 Å². The number of hydrogen-bond donors (Lipinski definition) is 1. The summed E-state index contributed by atoms with van der Waals surface area (Å²) in [6.07, 6.45) is 0. The third kappa shape index (κ3) is 5.31. The zero-order chi connectivity index (χ0) is 19.1. The van der Waals surface area contributed by atoms with Crippen LogP contribution in [-0.2, 0) is 4.79 Å². The van der Waals surface area contributed by atoms with Gasteiger partial charge in [0.1, 0.15) is 10.8 Å². The normalized spacial score (nSPS) is 10.4. The fourth-order valence-corrected chi connectivity index (χ4v) is 3.15. The number of carbonyl (C=O) groups excluding carboxylic acids is 1. The highest BCUT2D eigenvalue weighted by Crippen LogP contribution is 2.23. The Hall–Kier alpha value is -2.86. The summed E-state index contributed by atoms with van der Waals surface area (Å²) in [6.45, 7) is 4.60. The zero-order valence-electron chi connectivity index (χ0n) is 15.3. The zero-order valence-corrected chi connectivity index (χ0v) is 16.1. The van der Waals surface area contributed by atoms with Crippen molar-refractivity contribution in [2.75, 3.05) is 17.7 Å². The second kappa shape index (κ2) is 9.19. The number of rotatable bonds is 7. The van der Waals surface area contributed by atoms with Crippen LogP contribution in [0.2, 0.25) is 0 Å². The number of thioether (sulfide) groups is 1. The predicted molar refractivity (Wildman–Crippen MR) is 109 cm³/mol. The molecule has 0 aliphatic carbocycles. The monoisotopic (exact) mass is 379 g/mol. The minimum Gasteiger partial charge on any atom is -0.494 e. The van der Waals surface area contributed by atoms with Gasteiger partial charge in [0.15, 0.2) is 0 Å². The van der Waals surface area contributed by atoms with Crippen molar-refractivity contribution < 1.29 is 9.53 Å². The minimum absolute atomic E-state index is 0.0889. The quantitative estimate of drug-likeness (QED) is 0.609. The van der Waals surface area contributed by atoms with Gasteiger partial charge in [-0.1, -0.05) is 36.0 Å². The number of aromatic nitrogens is 2. The lowest BCUT2D eigenvalue weighted by atomic mass is 10.1. The topological polar surface area (TPSA) is 64.1 Å². The van der Waals surface area contributed by atoms with Crippen molar-refractivity contribution in [2.24, 2.45) is 0 Å². The first kappa shape index (κ1) is 18.9. The molecule has 0 saturated carbocycles. The smallest absolute Gasteiger partial charge is 0.234 e. The highest BCUT2D eigenvalue weighted by atomic mass is 32.2. The van der Waals surface area contributed by atoms with Crippen LogP contribution < -0.4 is 10.1 Å². The Kier molecular flexibility index (Phi) is 6.44. The van der Waals surface area contributed by atoms with E-state index >= 15 is 0 Å². The van der Waals surface area contributed by atoms with Crippen LogP contribution in [0.15, 0.2) is 65.7 Å². The van der Waals surface area contributed by atoms with E-state index in [1.54, 1.807) is 0 Å². The highest BCUT2D eigenvalue weighted by Gasteiger charge is 2.07. The van der Waals surface area contributed by atoms with Crippen LogP contribution in [-0.4, -0.2) is 28.5 Å². The van der Waals surface area contributed by atoms with Crippen LogP contribution in [0.25, 0.3) is 11.3 Å². The summed E-state index contributed by atoms with van der Waals surface area (Å²) >= 11 is 1.36. The molecule has 5 nitrogen and oxygen atoms in total. The van der Waals surface area contributed by atoms with Crippen LogP contribution in [0.5, 0.6) is 5.75 Å². The molecule has 0 bridgehead atoms. The molecule has 138 valence electrons. The van der Waals surface area contributed by atoms with E-state index in [0.29, 0.717) is 11.6 Å². The van der Waals surface area contributed by atoms with Gasteiger partial charge >= 0.3 is 0 Å². The summed E-state index contributed by atoms with van der Waals surface area (Å²) in [5.41, 5.74) is 3.79. The summed E-state index contributed by atoms with van der Waals surface area (Å²) in [4.78, 5) is 12.1. The molecule has 2 aromatic carbocycles. The van der Waals surface area contributed by atoms with Gasteiger partial charge < -0.3 is 10.1 Å². The number of amides is 1. The van der Waals surface area contributed by atoms with Crippen LogP contribution in [0.3, 0.4) is 0 Å². The molecule has 1 amide bonds. The number of nitrogens with zero attached hydrogens (tertiary/aromatic N) is 2. The third-order valence-corrected chi connectivity index (χ3v) is 4.78. The van der Waals surface area contributed by atoms with Gasteiger partial charge in [0.25, 0.3) is 0 Å². The van der Waals surface area contributed by atoms with Crippen molar-refractivity contribution >= 4 is 23.4 Å². The Morgan fingerprint density at radius 2 is 1.81 bits per heavy atom. The fraction of sp³-hybridized carbons (Fsp3) is 0.190. The number of aryl methyl sites for hydroxylation is 1. The number of nitrogens with one attached hydrogen (secondary N) is 1. The Morgan fingerprint density at radius 3 is 2.48 bits per heavy atom. The van der Waals surface area contributed by atoms with Crippen molar-refractivity contribution in [3.63, 3.8) is 0 Å². The van der Waals surface area contributed by atoms with Crippen molar-refractivity contribution in [3.8, 4) is 17.0 Å². The lowest BCUT2D eigenvalue weighted by molar-refractivity contribution is -0.113. The van der Waals surface area contributed by atoms with Crippen LogP contribution in [0.1, 0.15) is 12.5 Å². The number of benzene rings is 2. The van der Waals surface area contributed by atoms with E-state index < -0.39 is 0 Å². The van der Waals surface area contributed by atoms with E-state index in [2.05, 4.69) is 15.5 Å². The molecule has 0 unspecified atom stereocenters. The Labute approximate surface area is 163 Å². The summed E-state index contributed by atoms with van der Waals surface area (Å²) < 4.78 is 5.39. The van der Waals surface area contributed by atoms with Gasteiger partial charge in [0.05, 0.1) is 18.1 Å². The largest absolute Gasteiger partial charge is 0.494 e. The Bertz CT molecular complexity index is 896. The van der Waals surface area contributed by atoms with E-state index in [0.717, 1.165) is 28.3 Å². The molecule has 6 heteroatoms. The van der Waals surface area contributed by atoms with Crippen molar-refractivity contribution in [1.29, 1.82) is 0 Å². The number of hydrogen-bond acceptors (Lipinski definition) is 5. The SMILES string of the molecule is CCOc1ccc(NC(=O)CSc2ccc(-c3ccccc3C)nn2)cc1. The number of ether oxygens (including phenoxy) is 1. The van der Waals surface area contributed by atoms with Gasteiger partial charge in [-0.2, -0.15) is 0 Å². The molecule has 3 rings (SSSR count). The van der Waals surface area contributed by atoms with E-state index in [-0.39, 0.29) is 11.7 Å². The predicted octanol–water partition coefficient (Wildman–Crippen LogP) is 4.58. The molecule has 3 aromatic rings. The lowest BCUT2D eigenvalue weighted by Crippen LogP contribution is -2.14. The maximum absolute atomic E-state index is 12.1. The molecule has 0 atom stereocenters. The Morgan fingerprint density at radius 1 is 1.04 bits per heavy atom. The van der Waals surface area contributed by atoms with E-state index in [1.807, 2.05) is 74.5 Å². The van der Waals surface area contributed by atoms with Gasteiger partial charge in [-0.25, -0.2) is 0 Å². The summed E-state index contributed by atoms with van der Waals surface area (Å²) in [6, 6.07) is 19.2. The van der Waals surface area contributed by atoms with E-state index in [1.165, 1.54) is 11.8 Å². The third-order valence-electron chi connectivity index (χ3n) is 3.86. The first-order valence-corrected chi connectivity index (χ1v) is 9.69. The average molecular weight is 379 g/mol. The molecular formula is C21H21N3O2S. The van der Waals surface area contributed by atoms with Crippen molar-refractivity contribution in [2.45, 2.75) is 18.9 Å². The van der Waals surface area contributed by atoms with Gasteiger partial charge in [-0.3, -0.25) is 4.79 Å². The maximum atomic E-state index is 12.1. The minimum atomic E-state index is -0.0889. The second-order valence-corrected chi connectivity index (χ2v) is 6.86. The molecule has 1 heterocycles. The first-order chi connectivity index (χ1) is 13.2. The maximum Gasteiger partial charge on any atom is 0.234 e. The number of anilines is 1. The van der Waals surface area contributed by atoms with Crippen molar-refractivity contribution in [3.05, 3.63) is 66.2 Å². The van der Waals surface area contributed by atoms with Crippen LogP contribution >= 0.6 is 11.8 Å². The lowest BCUT2D eigenvalue weighted by Gasteiger charge is -2.07. The van der Waals surface area contributed by atoms with E-state index in [9.17, 15) is 4.79 Å². The first-order valence-electron chi connectivity index (χ1n) is 8.71. The highest BCUT2D eigenvalue weighted by molar-refractivity contribution is 7.99. The molecule has 1 aromatic heterocycles. The van der Waals surface area contributed by atoms with Crippen LogP contribution in [0, 0.1) is 6.92 Å². The molecule has 1 N–H and O–H groups in total. The molecular weight excluding hydrogens is 358 g/mol. The second-order valence-electron chi connectivity index (χ2n) is 5.87.